The monoisotopic (exact) mass is 350 g/mol. The maximum Gasteiger partial charge on any atom is 0.127 e. The number of fused-ring (bicyclic) bond motifs is 1. The quantitative estimate of drug-likeness (QED) is 0.614. The van der Waals surface area contributed by atoms with Crippen LogP contribution in [0.3, 0.4) is 0 Å². The summed E-state index contributed by atoms with van der Waals surface area (Å²) < 4.78 is 11.9. The molecule has 0 saturated heterocycles. The number of benzene rings is 2. The Kier molecular flexibility index (Phi) is 5.92. The summed E-state index contributed by atoms with van der Waals surface area (Å²) in [5, 5.41) is 3.27. The molecule has 2 aromatic carbocycles. The number of alkyl halides is 1. The highest BCUT2D eigenvalue weighted by molar-refractivity contribution is 9.09. The third kappa shape index (κ3) is 4.13. The fourth-order valence-electron chi connectivity index (χ4n) is 2.43. The average Bonchev–Trinajstić information content (AvgIpc) is 2.47. The van der Waals surface area contributed by atoms with Crippen LogP contribution in [0.4, 0.5) is 0 Å². The minimum atomic E-state index is 0.212. The molecular weight excluding hydrogens is 328 g/mol. The lowest BCUT2D eigenvalue weighted by atomic mass is 10.1. The zero-order valence-corrected chi connectivity index (χ0v) is 14.6. The van der Waals surface area contributed by atoms with E-state index in [9.17, 15) is 0 Å². The standard InChI is InChI=1S/C18H23BrO2/c1-4-20-17-9-10-18(21-14(3)6-5-11-19)16-12-13(2)7-8-15(16)17/h7-10,12,14H,4-6,11H2,1-3H3. The molecule has 2 aromatic rings. The topological polar surface area (TPSA) is 18.5 Å². The van der Waals surface area contributed by atoms with Gasteiger partial charge in [-0.05, 0) is 51.8 Å². The summed E-state index contributed by atoms with van der Waals surface area (Å²) in [5.74, 6) is 1.87. The first-order valence-corrected chi connectivity index (χ1v) is 8.66. The number of hydrogen-bond donors (Lipinski definition) is 0. The van der Waals surface area contributed by atoms with E-state index in [1.165, 1.54) is 5.56 Å². The van der Waals surface area contributed by atoms with E-state index in [0.29, 0.717) is 6.61 Å². The summed E-state index contributed by atoms with van der Waals surface area (Å²) in [6.45, 7) is 6.91. The molecule has 1 atom stereocenters. The molecule has 21 heavy (non-hydrogen) atoms. The van der Waals surface area contributed by atoms with E-state index in [4.69, 9.17) is 9.47 Å². The molecule has 1 unspecified atom stereocenters. The summed E-state index contributed by atoms with van der Waals surface area (Å²) in [6, 6.07) is 10.4. The number of hydrogen-bond acceptors (Lipinski definition) is 2. The lowest BCUT2D eigenvalue weighted by Crippen LogP contribution is -2.12. The Morgan fingerprint density at radius 2 is 1.86 bits per heavy atom. The van der Waals surface area contributed by atoms with E-state index >= 15 is 0 Å². The van der Waals surface area contributed by atoms with Crippen molar-refractivity contribution in [2.24, 2.45) is 0 Å². The van der Waals surface area contributed by atoms with Crippen molar-refractivity contribution in [3.63, 3.8) is 0 Å². The van der Waals surface area contributed by atoms with Crippen molar-refractivity contribution in [1.82, 2.24) is 0 Å². The Morgan fingerprint density at radius 1 is 1.10 bits per heavy atom. The van der Waals surface area contributed by atoms with Crippen LogP contribution in [0.5, 0.6) is 11.5 Å². The van der Waals surface area contributed by atoms with Gasteiger partial charge in [0, 0.05) is 16.1 Å². The Labute approximate surface area is 135 Å². The van der Waals surface area contributed by atoms with Gasteiger partial charge in [-0.15, -0.1) is 0 Å². The maximum atomic E-state index is 6.14. The first-order chi connectivity index (χ1) is 10.2. The molecule has 0 amide bonds. The van der Waals surface area contributed by atoms with E-state index in [1.54, 1.807) is 0 Å². The highest BCUT2D eigenvalue weighted by Gasteiger charge is 2.11. The van der Waals surface area contributed by atoms with Gasteiger partial charge in [-0.2, -0.15) is 0 Å². The third-order valence-corrected chi connectivity index (χ3v) is 4.03. The van der Waals surface area contributed by atoms with E-state index in [0.717, 1.165) is 40.4 Å². The molecule has 0 aliphatic carbocycles. The summed E-state index contributed by atoms with van der Waals surface area (Å²) in [4.78, 5) is 0. The van der Waals surface area contributed by atoms with Crippen LogP contribution in [0, 0.1) is 6.92 Å². The van der Waals surface area contributed by atoms with Gasteiger partial charge in [-0.25, -0.2) is 0 Å². The number of aryl methyl sites for hydroxylation is 1. The van der Waals surface area contributed by atoms with Crippen molar-refractivity contribution in [3.05, 3.63) is 35.9 Å². The van der Waals surface area contributed by atoms with Gasteiger partial charge in [-0.3, -0.25) is 0 Å². The van der Waals surface area contributed by atoms with Crippen molar-refractivity contribution in [2.75, 3.05) is 11.9 Å². The Morgan fingerprint density at radius 3 is 2.57 bits per heavy atom. The first-order valence-electron chi connectivity index (χ1n) is 7.54. The molecule has 0 aliphatic rings. The van der Waals surface area contributed by atoms with Crippen LogP contribution in [-0.4, -0.2) is 18.0 Å². The molecule has 0 aliphatic heterocycles. The van der Waals surface area contributed by atoms with Crippen LogP contribution in [0.2, 0.25) is 0 Å². The van der Waals surface area contributed by atoms with Crippen LogP contribution in [0.1, 0.15) is 32.3 Å². The fourth-order valence-corrected chi connectivity index (χ4v) is 2.76. The normalized spacial score (nSPS) is 12.4. The number of ether oxygens (including phenoxy) is 2. The molecule has 0 N–H and O–H groups in total. The van der Waals surface area contributed by atoms with Crippen LogP contribution in [0.15, 0.2) is 30.3 Å². The second-order valence-corrected chi connectivity index (χ2v) is 6.10. The lowest BCUT2D eigenvalue weighted by molar-refractivity contribution is 0.213. The molecule has 0 heterocycles. The van der Waals surface area contributed by atoms with E-state index in [2.05, 4.69) is 48.0 Å². The molecule has 3 heteroatoms. The second kappa shape index (κ2) is 7.69. The summed E-state index contributed by atoms with van der Waals surface area (Å²) >= 11 is 3.47. The molecule has 2 rings (SSSR count). The lowest BCUT2D eigenvalue weighted by Gasteiger charge is -2.17. The number of halogens is 1. The van der Waals surface area contributed by atoms with Gasteiger partial charge in [0.1, 0.15) is 11.5 Å². The van der Waals surface area contributed by atoms with Crippen LogP contribution in [-0.2, 0) is 0 Å². The van der Waals surface area contributed by atoms with E-state index < -0.39 is 0 Å². The van der Waals surface area contributed by atoms with Gasteiger partial charge in [-0.1, -0.05) is 33.6 Å². The number of rotatable bonds is 7. The van der Waals surface area contributed by atoms with E-state index in [1.807, 2.05) is 19.1 Å². The molecule has 0 fully saturated rings. The van der Waals surface area contributed by atoms with Crippen molar-refractivity contribution in [2.45, 2.75) is 39.7 Å². The third-order valence-electron chi connectivity index (χ3n) is 3.46. The van der Waals surface area contributed by atoms with Crippen LogP contribution in [0.25, 0.3) is 10.8 Å². The largest absolute Gasteiger partial charge is 0.493 e. The molecule has 0 aromatic heterocycles. The van der Waals surface area contributed by atoms with Crippen LogP contribution < -0.4 is 9.47 Å². The van der Waals surface area contributed by atoms with E-state index in [-0.39, 0.29) is 6.10 Å². The second-order valence-electron chi connectivity index (χ2n) is 5.30. The highest BCUT2D eigenvalue weighted by atomic mass is 79.9. The van der Waals surface area contributed by atoms with Gasteiger partial charge in [0.25, 0.3) is 0 Å². The molecule has 0 spiro atoms. The zero-order valence-electron chi connectivity index (χ0n) is 13.0. The van der Waals surface area contributed by atoms with Gasteiger partial charge in [0.2, 0.25) is 0 Å². The van der Waals surface area contributed by atoms with Crippen molar-refractivity contribution in [1.29, 1.82) is 0 Å². The summed E-state index contributed by atoms with van der Waals surface area (Å²) in [5.41, 5.74) is 1.23. The first kappa shape index (κ1) is 16.2. The SMILES string of the molecule is CCOc1ccc(OC(C)CCCBr)c2cc(C)ccc12. The predicted molar refractivity (Wildman–Crippen MR) is 93.0 cm³/mol. The summed E-state index contributed by atoms with van der Waals surface area (Å²) in [7, 11) is 0. The Hall–Kier alpha value is -1.22. The smallest absolute Gasteiger partial charge is 0.127 e. The molecule has 0 saturated carbocycles. The molecule has 2 nitrogen and oxygen atoms in total. The van der Waals surface area contributed by atoms with Gasteiger partial charge in [0.15, 0.2) is 0 Å². The predicted octanol–water partition coefficient (Wildman–Crippen LogP) is 5.49. The molecule has 0 bridgehead atoms. The zero-order chi connectivity index (χ0) is 15.2. The van der Waals surface area contributed by atoms with Gasteiger partial charge >= 0.3 is 0 Å². The minimum absolute atomic E-state index is 0.212. The van der Waals surface area contributed by atoms with Crippen molar-refractivity contribution < 1.29 is 9.47 Å². The summed E-state index contributed by atoms with van der Waals surface area (Å²) in [6.07, 6.45) is 2.38. The Bertz CT molecular complexity index is 595. The molecule has 0 radical (unpaired) electrons. The maximum absolute atomic E-state index is 6.14. The highest BCUT2D eigenvalue weighted by Crippen LogP contribution is 2.34. The Balaban J connectivity index is 2.35. The van der Waals surface area contributed by atoms with Crippen molar-refractivity contribution >= 4 is 26.7 Å². The minimum Gasteiger partial charge on any atom is -0.493 e. The fraction of sp³-hybridized carbons (Fsp3) is 0.444. The molecular formula is C18H23BrO2. The average molecular weight is 351 g/mol. The molecule has 114 valence electrons. The van der Waals surface area contributed by atoms with Crippen molar-refractivity contribution in [3.8, 4) is 11.5 Å². The van der Waals surface area contributed by atoms with Gasteiger partial charge in [0.05, 0.1) is 12.7 Å². The van der Waals surface area contributed by atoms with Crippen LogP contribution >= 0.6 is 15.9 Å². The van der Waals surface area contributed by atoms with Gasteiger partial charge < -0.3 is 9.47 Å².